The number of sulfonamides is 1. The second kappa shape index (κ2) is 5.22. The number of benzene rings is 1. The summed E-state index contributed by atoms with van der Waals surface area (Å²) in [5, 5.41) is 0. The highest BCUT2D eigenvalue weighted by molar-refractivity contribution is 9.10. The zero-order valence-corrected chi connectivity index (χ0v) is 13.1. The fourth-order valence-corrected chi connectivity index (χ4v) is 3.71. The summed E-state index contributed by atoms with van der Waals surface area (Å²) in [4.78, 5) is 13.4. The first-order chi connectivity index (χ1) is 8.81. The Bertz CT molecular complexity index is 615. The van der Waals surface area contributed by atoms with Crippen LogP contribution in [0.15, 0.2) is 27.6 Å². The summed E-state index contributed by atoms with van der Waals surface area (Å²) < 4.78 is 27.6. The van der Waals surface area contributed by atoms with E-state index in [0.29, 0.717) is 13.0 Å². The molecule has 0 saturated carbocycles. The largest absolute Gasteiger partial charge is 0.344 e. The Balaban J connectivity index is 2.23. The lowest BCUT2D eigenvalue weighted by molar-refractivity contribution is -0.127. The molecular formula is C12H15BrN2O3S. The Morgan fingerprint density at radius 1 is 1.42 bits per heavy atom. The van der Waals surface area contributed by atoms with Crippen molar-refractivity contribution in [3.8, 4) is 0 Å². The number of nitrogens with zero attached hydrogens (tertiary/aromatic N) is 1. The average molecular weight is 347 g/mol. The molecule has 5 nitrogen and oxygen atoms in total. The summed E-state index contributed by atoms with van der Waals surface area (Å²) in [6, 6.07) is 4.14. The van der Waals surface area contributed by atoms with E-state index in [0.717, 1.165) is 10.0 Å². The molecule has 1 aliphatic heterocycles. The van der Waals surface area contributed by atoms with Gasteiger partial charge in [-0.2, -0.15) is 4.72 Å². The van der Waals surface area contributed by atoms with Gasteiger partial charge in [-0.15, -0.1) is 0 Å². The van der Waals surface area contributed by atoms with E-state index < -0.39 is 16.1 Å². The molecule has 19 heavy (non-hydrogen) atoms. The lowest BCUT2D eigenvalue weighted by atomic mass is 10.2. The van der Waals surface area contributed by atoms with Crippen LogP contribution >= 0.6 is 15.9 Å². The second-order valence-corrected chi connectivity index (χ2v) is 7.20. The van der Waals surface area contributed by atoms with Crippen LogP contribution in [0.5, 0.6) is 0 Å². The maximum Gasteiger partial charge on any atom is 0.241 e. The fraction of sp³-hybridized carbons (Fsp3) is 0.417. The Labute approximate surface area is 121 Å². The highest BCUT2D eigenvalue weighted by atomic mass is 79.9. The van der Waals surface area contributed by atoms with Crippen molar-refractivity contribution in [1.29, 1.82) is 0 Å². The third kappa shape index (κ3) is 2.98. The number of hydrogen-bond acceptors (Lipinski definition) is 3. The minimum absolute atomic E-state index is 0.160. The SMILES string of the molecule is Cc1ccc(S(=O)(=O)NC2CCN(C)C2=O)cc1Br. The summed E-state index contributed by atoms with van der Waals surface area (Å²) >= 11 is 3.31. The molecule has 1 atom stereocenters. The van der Waals surface area contributed by atoms with Crippen LogP contribution in [0, 0.1) is 6.92 Å². The first kappa shape index (κ1) is 14.5. The Morgan fingerprint density at radius 3 is 2.63 bits per heavy atom. The number of likely N-dealkylation sites (tertiary alicyclic amines) is 1. The highest BCUT2D eigenvalue weighted by Gasteiger charge is 2.32. The molecule has 1 N–H and O–H groups in total. The van der Waals surface area contributed by atoms with Crippen molar-refractivity contribution in [1.82, 2.24) is 9.62 Å². The first-order valence-electron chi connectivity index (χ1n) is 5.85. The van der Waals surface area contributed by atoms with Gasteiger partial charge in [-0.3, -0.25) is 4.79 Å². The van der Waals surface area contributed by atoms with E-state index in [-0.39, 0.29) is 10.8 Å². The molecule has 0 aromatic heterocycles. The van der Waals surface area contributed by atoms with Crippen LogP contribution in [0.3, 0.4) is 0 Å². The Hall–Kier alpha value is -0.920. The number of amides is 1. The normalized spacial score (nSPS) is 20.1. The van der Waals surface area contributed by atoms with Crippen molar-refractivity contribution in [2.75, 3.05) is 13.6 Å². The van der Waals surface area contributed by atoms with Gasteiger partial charge >= 0.3 is 0 Å². The summed E-state index contributed by atoms with van der Waals surface area (Å²) in [5.74, 6) is -0.185. The summed E-state index contributed by atoms with van der Waals surface area (Å²) in [6.45, 7) is 2.45. The van der Waals surface area contributed by atoms with Crippen LogP contribution in [0.4, 0.5) is 0 Å². The zero-order valence-electron chi connectivity index (χ0n) is 10.7. The first-order valence-corrected chi connectivity index (χ1v) is 8.12. The molecule has 1 heterocycles. The lowest BCUT2D eigenvalue weighted by Crippen LogP contribution is -2.40. The quantitative estimate of drug-likeness (QED) is 0.896. The molecule has 104 valence electrons. The minimum atomic E-state index is -3.67. The van der Waals surface area contributed by atoms with E-state index >= 15 is 0 Å². The number of carbonyl (C=O) groups excluding carboxylic acids is 1. The summed E-state index contributed by atoms with van der Waals surface area (Å²) in [7, 11) is -2.00. The molecule has 7 heteroatoms. The predicted molar refractivity (Wildman–Crippen MR) is 75.2 cm³/mol. The monoisotopic (exact) mass is 346 g/mol. The average Bonchev–Trinajstić information content (AvgIpc) is 2.64. The molecule has 1 saturated heterocycles. The number of likely N-dealkylation sites (N-methyl/N-ethyl adjacent to an activating group) is 1. The minimum Gasteiger partial charge on any atom is -0.344 e. The molecule has 0 radical (unpaired) electrons. The molecule has 0 bridgehead atoms. The number of rotatable bonds is 3. The van der Waals surface area contributed by atoms with Crippen LogP contribution < -0.4 is 4.72 Å². The standard InChI is InChI=1S/C12H15BrN2O3S/c1-8-3-4-9(7-10(8)13)19(17,18)14-11-5-6-15(2)12(11)16/h3-4,7,11,14H,5-6H2,1-2H3. The maximum absolute atomic E-state index is 12.2. The van der Waals surface area contributed by atoms with E-state index in [1.54, 1.807) is 19.2 Å². The van der Waals surface area contributed by atoms with Crippen LogP contribution in [0.25, 0.3) is 0 Å². The van der Waals surface area contributed by atoms with Gasteiger partial charge in [0, 0.05) is 18.1 Å². The van der Waals surface area contributed by atoms with Crippen molar-refractivity contribution in [3.63, 3.8) is 0 Å². The van der Waals surface area contributed by atoms with Crippen LogP contribution in [0.2, 0.25) is 0 Å². The molecular weight excluding hydrogens is 332 g/mol. The number of hydrogen-bond donors (Lipinski definition) is 1. The predicted octanol–water partition coefficient (Wildman–Crippen LogP) is 1.27. The number of aryl methyl sites for hydroxylation is 1. The van der Waals surface area contributed by atoms with E-state index in [1.807, 2.05) is 6.92 Å². The van der Waals surface area contributed by atoms with Crippen molar-refractivity contribution in [2.24, 2.45) is 0 Å². The van der Waals surface area contributed by atoms with E-state index in [9.17, 15) is 13.2 Å². The van der Waals surface area contributed by atoms with Crippen molar-refractivity contribution in [2.45, 2.75) is 24.3 Å². The maximum atomic E-state index is 12.2. The molecule has 1 aromatic rings. The van der Waals surface area contributed by atoms with Crippen molar-refractivity contribution < 1.29 is 13.2 Å². The van der Waals surface area contributed by atoms with Gasteiger partial charge in [0.05, 0.1) is 4.90 Å². The van der Waals surface area contributed by atoms with Crippen LogP contribution in [-0.2, 0) is 14.8 Å². The topological polar surface area (TPSA) is 66.5 Å². The molecule has 1 aromatic carbocycles. The van der Waals surface area contributed by atoms with Gasteiger partial charge in [-0.05, 0) is 31.0 Å². The van der Waals surface area contributed by atoms with E-state index in [2.05, 4.69) is 20.7 Å². The van der Waals surface area contributed by atoms with Gasteiger partial charge in [-0.25, -0.2) is 8.42 Å². The number of carbonyl (C=O) groups is 1. The summed E-state index contributed by atoms with van der Waals surface area (Å²) in [5.41, 5.74) is 0.954. The molecule has 0 aliphatic carbocycles. The molecule has 0 spiro atoms. The van der Waals surface area contributed by atoms with Gasteiger partial charge < -0.3 is 4.90 Å². The third-order valence-electron chi connectivity index (χ3n) is 3.18. The van der Waals surface area contributed by atoms with E-state index in [4.69, 9.17) is 0 Å². The highest BCUT2D eigenvalue weighted by Crippen LogP contribution is 2.21. The molecule has 1 unspecified atom stereocenters. The third-order valence-corrected chi connectivity index (χ3v) is 5.50. The van der Waals surface area contributed by atoms with Crippen LogP contribution in [-0.4, -0.2) is 38.9 Å². The van der Waals surface area contributed by atoms with Gasteiger partial charge in [0.2, 0.25) is 15.9 Å². The van der Waals surface area contributed by atoms with Gasteiger partial charge in [0.1, 0.15) is 6.04 Å². The van der Waals surface area contributed by atoms with Gasteiger partial charge in [-0.1, -0.05) is 22.0 Å². The number of nitrogens with one attached hydrogen (secondary N) is 1. The smallest absolute Gasteiger partial charge is 0.241 e. The van der Waals surface area contributed by atoms with Crippen molar-refractivity contribution in [3.05, 3.63) is 28.2 Å². The Morgan fingerprint density at radius 2 is 2.11 bits per heavy atom. The fourth-order valence-electron chi connectivity index (χ4n) is 1.93. The van der Waals surface area contributed by atoms with Crippen molar-refractivity contribution >= 4 is 31.9 Å². The van der Waals surface area contributed by atoms with Gasteiger partial charge in [0.15, 0.2) is 0 Å². The molecule has 1 aliphatic rings. The second-order valence-electron chi connectivity index (χ2n) is 4.63. The molecule has 1 amide bonds. The molecule has 2 rings (SSSR count). The van der Waals surface area contributed by atoms with E-state index in [1.165, 1.54) is 11.0 Å². The molecule has 1 fully saturated rings. The summed E-state index contributed by atoms with van der Waals surface area (Å²) in [6.07, 6.45) is 0.502. The zero-order chi connectivity index (χ0) is 14.2. The van der Waals surface area contributed by atoms with Crippen LogP contribution in [0.1, 0.15) is 12.0 Å². The number of halogens is 1. The Kier molecular flexibility index (Phi) is 3.98. The lowest BCUT2D eigenvalue weighted by Gasteiger charge is -2.13. The van der Waals surface area contributed by atoms with Gasteiger partial charge in [0.25, 0.3) is 0 Å².